The fourth-order valence-electron chi connectivity index (χ4n) is 3.89. The number of nitrogens with zero attached hydrogens (tertiary/aromatic N) is 2. The van der Waals surface area contributed by atoms with Crippen LogP contribution in [0.1, 0.15) is 27.3 Å². The fraction of sp³-hybridized carbons (Fsp3) is 0.304. The Morgan fingerprint density at radius 3 is 2.79 bits per heavy atom. The summed E-state index contributed by atoms with van der Waals surface area (Å²) in [5, 5.41) is 3.31. The van der Waals surface area contributed by atoms with E-state index in [-0.39, 0.29) is 5.97 Å². The van der Waals surface area contributed by atoms with Crippen molar-refractivity contribution in [2.45, 2.75) is 19.4 Å². The monoisotopic (exact) mass is 392 g/mol. The molecule has 2 heterocycles. The van der Waals surface area contributed by atoms with Crippen molar-refractivity contribution in [3.63, 3.8) is 0 Å². The van der Waals surface area contributed by atoms with Crippen LogP contribution >= 0.6 is 11.3 Å². The van der Waals surface area contributed by atoms with Crippen LogP contribution in [0.25, 0.3) is 11.1 Å². The van der Waals surface area contributed by atoms with Gasteiger partial charge in [-0.3, -0.25) is 4.90 Å². The molecular weight excluding hydrogens is 368 g/mol. The Morgan fingerprint density at radius 2 is 2.04 bits per heavy atom. The molecule has 0 saturated carbocycles. The summed E-state index contributed by atoms with van der Waals surface area (Å²) < 4.78 is 4.91. The largest absolute Gasteiger partial charge is 0.465 e. The molecule has 28 heavy (non-hydrogen) atoms. The average molecular weight is 393 g/mol. The Bertz CT molecular complexity index is 922. The third-order valence-electron chi connectivity index (χ3n) is 5.32. The minimum atomic E-state index is -0.303. The lowest BCUT2D eigenvalue weighted by Crippen LogP contribution is -2.20. The summed E-state index contributed by atoms with van der Waals surface area (Å²) in [5.41, 5.74) is 3.84. The van der Waals surface area contributed by atoms with Crippen molar-refractivity contribution in [2.75, 3.05) is 20.2 Å². The van der Waals surface area contributed by atoms with Crippen LogP contribution in [0.5, 0.6) is 0 Å². The zero-order valence-corrected chi connectivity index (χ0v) is 16.8. The van der Waals surface area contributed by atoms with Gasteiger partial charge in [0, 0.05) is 31.1 Å². The number of thiazole rings is 1. The molecule has 1 saturated heterocycles. The lowest BCUT2D eigenvalue weighted by Gasteiger charge is -2.16. The molecule has 1 aliphatic rings. The lowest BCUT2D eigenvalue weighted by atomic mass is 9.98. The van der Waals surface area contributed by atoms with E-state index in [1.807, 2.05) is 30.5 Å². The molecule has 5 heteroatoms. The van der Waals surface area contributed by atoms with Gasteiger partial charge in [0.2, 0.25) is 0 Å². The summed E-state index contributed by atoms with van der Waals surface area (Å²) in [4.78, 5) is 19.0. The van der Waals surface area contributed by atoms with E-state index in [1.165, 1.54) is 24.1 Å². The van der Waals surface area contributed by atoms with Crippen LogP contribution in [0, 0.1) is 5.92 Å². The SMILES string of the molecule is COC(=O)c1ccccc1-c1ccc(CN2CCC(Cc3nccs3)C2)cc1. The molecule has 2 aromatic carbocycles. The van der Waals surface area contributed by atoms with E-state index in [1.54, 1.807) is 11.3 Å². The third kappa shape index (κ3) is 4.32. The van der Waals surface area contributed by atoms with E-state index in [2.05, 4.69) is 39.5 Å². The Labute approximate surface area is 169 Å². The molecule has 1 aliphatic heterocycles. The maximum absolute atomic E-state index is 12.0. The van der Waals surface area contributed by atoms with Gasteiger partial charge in [-0.25, -0.2) is 9.78 Å². The first kappa shape index (κ1) is 18.8. The number of methoxy groups -OCH3 is 1. The standard InChI is InChI=1S/C23H24N2O2S/c1-27-23(26)21-5-3-2-4-20(21)19-8-6-17(7-9-19)15-25-12-10-18(16-25)14-22-24-11-13-28-22/h2-9,11,13,18H,10,12,14-16H2,1H3. The van der Waals surface area contributed by atoms with Crippen molar-refractivity contribution in [1.82, 2.24) is 9.88 Å². The molecular formula is C23H24N2O2S. The fourth-order valence-corrected chi connectivity index (χ4v) is 4.63. The van der Waals surface area contributed by atoms with Crippen molar-refractivity contribution in [3.05, 3.63) is 76.2 Å². The van der Waals surface area contributed by atoms with Crippen molar-refractivity contribution >= 4 is 17.3 Å². The Kier molecular flexibility index (Phi) is 5.84. The molecule has 3 aromatic rings. The molecule has 144 valence electrons. The van der Waals surface area contributed by atoms with Gasteiger partial charge in [-0.15, -0.1) is 11.3 Å². The van der Waals surface area contributed by atoms with Gasteiger partial charge in [0.25, 0.3) is 0 Å². The molecule has 1 atom stereocenters. The summed E-state index contributed by atoms with van der Waals surface area (Å²) in [5.74, 6) is 0.403. The summed E-state index contributed by atoms with van der Waals surface area (Å²) in [6.45, 7) is 3.24. The smallest absolute Gasteiger partial charge is 0.338 e. The quantitative estimate of drug-likeness (QED) is 0.572. The Balaban J connectivity index is 1.40. The number of hydrogen-bond acceptors (Lipinski definition) is 5. The molecule has 0 bridgehead atoms. The van der Waals surface area contributed by atoms with Gasteiger partial charge in [0.15, 0.2) is 0 Å². The normalized spacial score (nSPS) is 17.0. The van der Waals surface area contributed by atoms with Gasteiger partial charge >= 0.3 is 5.97 Å². The third-order valence-corrected chi connectivity index (χ3v) is 6.12. The molecule has 1 fully saturated rings. The number of likely N-dealkylation sites (tertiary alicyclic amines) is 1. The molecule has 0 N–H and O–H groups in total. The maximum atomic E-state index is 12.0. The summed E-state index contributed by atoms with van der Waals surface area (Å²) >= 11 is 1.76. The first-order chi connectivity index (χ1) is 13.7. The minimum Gasteiger partial charge on any atom is -0.465 e. The predicted octanol–water partition coefficient (Wildman–Crippen LogP) is 4.66. The van der Waals surface area contributed by atoms with Crippen molar-refractivity contribution in [2.24, 2.45) is 5.92 Å². The highest BCUT2D eigenvalue weighted by molar-refractivity contribution is 7.09. The van der Waals surface area contributed by atoms with Gasteiger partial charge in [0.05, 0.1) is 17.7 Å². The average Bonchev–Trinajstić information content (AvgIpc) is 3.40. The van der Waals surface area contributed by atoms with Gasteiger partial charge in [-0.05, 0) is 41.6 Å². The number of esters is 1. The summed E-state index contributed by atoms with van der Waals surface area (Å²) in [6, 6.07) is 16.1. The van der Waals surface area contributed by atoms with E-state index in [9.17, 15) is 4.79 Å². The predicted molar refractivity (Wildman–Crippen MR) is 112 cm³/mol. The minimum absolute atomic E-state index is 0.303. The Morgan fingerprint density at radius 1 is 1.21 bits per heavy atom. The number of rotatable bonds is 6. The molecule has 4 rings (SSSR count). The van der Waals surface area contributed by atoms with E-state index in [0.717, 1.165) is 37.2 Å². The van der Waals surface area contributed by atoms with Crippen LogP contribution in [-0.2, 0) is 17.7 Å². The zero-order chi connectivity index (χ0) is 19.3. The molecule has 0 radical (unpaired) electrons. The Hall–Kier alpha value is -2.50. The van der Waals surface area contributed by atoms with E-state index in [4.69, 9.17) is 4.74 Å². The second-order valence-corrected chi connectivity index (χ2v) is 8.23. The molecule has 0 spiro atoms. The van der Waals surface area contributed by atoms with Gasteiger partial charge < -0.3 is 4.74 Å². The summed E-state index contributed by atoms with van der Waals surface area (Å²) in [7, 11) is 1.42. The number of hydrogen-bond donors (Lipinski definition) is 0. The second-order valence-electron chi connectivity index (χ2n) is 7.25. The number of carbonyl (C=O) groups excluding carboxylic acids is 1. The first-order valence-electron chi connectivity index (χ1n) is 9.60. The van der Waals surface area contributed by atoms with Crippen LogP contribution in [0.3, 0.4) is 0 Å². The summed E-state index contributed by atoms with van der Waals surface area (Å²) in [6.07, 6.45) is 4.23. The highest BCUT2D eigenvalue weighted by Gasteiger charge is 2.23. The molecule has 0 amide bonds. The van der Waals surface area contributed by atoms with E-state index >= 15 is 0 Å². The van der Waals surface area contributed by atoms with Crippen LogP contribution in [0.2, 0.25) is 0 Å². The molecule has 1 aromatic heterocycles. The number of benzene rings is 2. The van der Waals surface area contributed by atoms with Crippen molar-refractivity contribution in [3.8, 4) is 11.1 Å². The lowest BCUT2D eigenvalue weighted by molar-refractivity contribution is 0.0601. The number of ether oxygens (including phenoxy) is 1. The van der Waals surface area contributed by atoms with Crippen LogP contribution < -0.4 is 0 Å². The number of aromatic nitrogens is 1. The van der Waals surface area contributed by atoms with E-state index < -0.39 is 0 Å². The first-order valence-corrected chi connectivity index (χ1v) is 10.5. The van der Waals surface area contributed by atoms with Crippen LogP contribution in [-0.4, -0.2) is 36.1 Å². The van der Waals surface area contributed by atoms with E-state index in [0.29, 0.717) is 11.5 Å². The zero-order valence-electron chi connectivity index (χ0n) is 16.0. The highest BCUT2D eigenvalue weighted by Crippen LogP contribution is 2.26. The topological polar surface area (TPSA) is 42.4 Å². The van der Waals surface area contributed by atoms with Gasteiger partial charge in [0.1, 0.15) is 0 Å². The maximum Gasteiger partial charge on any atom is 0.338 e. The van der Waals surface area contributed by atoms with Gasteiger partial charge in [-0.1, -0.05) is 42.5 Å². The molecule has 4 nitrogen and oxygen atoms in total. The molecule has 1 unspecified atom stereocenters. The number of carbonyl (C=O) groups is 1. The van der Waals surface area contributed by atoms with Crippen LogP contribution in [0.15, 0.2) is 60.1 Å². The van der Waals surface area contributed by atoms with Crippen molar-refractivity contribution < 1.29 is 9.53 Å². The van der Waals surface area contributed by atoms with Crippen molar-refractivity contribution in [1.29, 1.82) is 0 Å². The second kappa shape index (κ2) is 8.67. The molecule has 0 aliphatic carbocycles. The van der Waals surface area contributed by atoms with Gasteiger partial charge in [-0.2, -0.15) is 0 Å². The highest BCUT2D eigenvalue weighted by atomic mass is 32.1. The van der Waals surface area contributed by atoms with Crippen LogP contribution in [0.4, 0.5) is 0 Å².